The van der Waals surface area contributed by atoms with E-state index in [0.29, 0.717) is 0 Å². The summed E-state index contributed by atoms with van der Waals surface area (Å²) in [6.07, 6.45) is 7.75. The molecule has 3 heteroatoms. The molecule has 2 rings (SSSR count). The van der Waals surface area contributed by atoms with Crippen LogP contribution in [0.4, 0.5) is 4.39 Å². The van der Waals surface area contributed by atoms with Crippen LogP contribution in [0.15, 0.2) is 18.2 Å². The van der Waals surface area contributed by atoms with Crippen molar-refractivity contribution in [1.29, 1.82) is 0 Å². The Morgan fingerprint density at radius 1 is 1.18 bits per heavy atom. The van der Waals surface area contributed by atoms with Crippen molar-refractivity contribution in [2.45, 2.75) is 50.5 Å². The van der Waals surface area contributed by atoms with Crippen LogP contribution >= 0.6 is 11.6 Å². The van der Waals surface area contributed by atoms with Crippen LogP contribution in [0.1, 0.15) is 44.1 Å². The number of rotatable bonds is 2. The molecule has 0 radical (unpaired) electrons. The average molecular weight is 256 g/mol. The second-order valence-corrected chi connectivity index (χ2v) is 5.61. The molecule has 1 aliphatic carbocycles. The van der Waals surface area contributed by atoms with Gasteiger partial charge in [-0.1, -0.05) is 43.4 Å². The van der Waals surface area contributed by atoms with E-state index in [0.717, 1.165) is 24.8 Å². The third-order valence-corrected chi connectivity index (χ3v) is 3.95. The molecule has 0 unspecified atom stereocenters. The van der Waals surface area contributed by atoms with Gasteiger partial charge < -0.3 is 5.73 Å². The summed E-state index contributed by atoms with van der Waals surface area (Å²) < 4.78 is 13.4. The van der Waals surface area contributed by atoms with Gasteiger partial charge in [-0.2, -0.15) is 0 Å². The van der Waals surface area contributed by atoms with Crippen molar-refractivity contribution in [3.8, 4) is 0 Å². The Morgan fingerprint density at radius 2 is 1.82 bits per heavy atom. The molecule has 2 N–H and O–H groups in total. The highest BCUT2D eigenvalue weighted by molar-refractivity contribution is 6.30. The van der Waals surface area contributed by atoms with Crippen molar-refractivity contribution in [1.82, 2.24) is 0 Å². The van der Waals surface area contributed by atoms with Crippen LogP contribution in [0.3, 0.4) is 0 Å². The fourth-order valence-corrected chi connectivity index (χ4v) is 2.78. The highest BCUT2D eigenvalue weighted by Crippen LogP contribution is 2.29. The lowest BCUT2D eigenvalue weighted by Crippen LogP contribution is -2.41. The molecule has 0 aromatic heterocycles. The van der Waals surface area contributed by atoms with Gasteiger partial charge in [-0.05, 0) is 37.0 Å². The number of nitrogens with two attached hydrogens (primary N) is 1. The van der Waals surface area contributed by atoms with Gasteiger partial charge in [0.1, 0.15) is 5.82 Å². The summed E-state index contributed by atoms with van der Waals surface area (Å²) in [4.78, 5) is 0. The summed E-state index contributed by atoms with van der Waals surface area (Å²) in [5.41, 5.74) is 7.22. The van der Waals surface area contributed by atoms with E-state index in [4.69, 9.17) is 17.3 Å². The summed E-state index contributed by atoms with van der Waals surface area (Å²) >= 11 is 5.68. The van der Waals surface area contributed by atoms with Crippen molar-refractivity contribution in [3.63, 3.8) is 0 Å². The maximum Gasteiger partial charge on any atom is 0.142 e. The zero-order chi connectivity index (χ0) is 12.3. The minimum Gasteiger partial charge on any atom is -0.325 e. The van der Waals surface area contributed by atoms with Crippen LogP contribution in [0.25, 0.3) is 0 Å². The summed E-state index contributed by atoms with van der Waals surface area (Å²) in [5, 5.41) is 0.181. The Hall–Kier alpha value is -0.600. The highest BCUT2D eigenvalue weighted by Gasteiger charge is 2.26. The van der Waals surface area contributed by atoms with Crippen LogP contribution in [0.5, 0.6) is 0 Å². The second-order valence-electron chi connectivity index (χ2n) is 5.20. The molecule has 1 nitrogen and oxygen atoms in total. The van der Waals surface area contributed by atoms with E-state index in [9.17, 15) is 4.39 Å². The molecule has 0 spiro atoms. The van der Waals surface area contributed by atoms with Crippen molar-refractivity contribution in [3.05, 3.63) is 34.6 Å². The third kappa shape index (κ3) is 3.43. The maximum atomic E-state index is 13.4. The van der Waals surface area contributed by atoms with Gasteiger partial charge in [-0.25, -0.2) is 4.39 Å². The first kappa shape index (κ1) is 12.8. The van der Waals surface area contributed by atoms with Crippen molar-refractivity contribution >= 4 is 11.6 Å². The van der Waals surface area contributed by atoms with E-state index in [1.54, 1.807) is 6.07 Å². The van der Waals surface area contributed by atoms with Crippen LogP contribution < -0.4 is 5.73 Å². The lowest BCUT2D eigenvalue weighted by Gasteiger charge is -2.28. The molecular formula is C14H19ClFN. The summed E-state index contributed by atoms with van der Waals surface area (Å²) in [7, 11) is 0. The lowest BCUT2D eigenvalue weighted by molar-refractivity contribution is 0.368. The second kappa shape index (κ2) is 5.36. The zero-order valence-corrected chi connectivity index (χ0v) is 10.8. The van der Waals surface area contributed by atoms with Gasteiger partial charge in [0.25, 0.3) is 0 Å². The van der Waals surface area contributed by atoms with Crippen molar-refractivity contribution in [2.24, 2.45) is 5.73 Å². The third-order valence-electron chi connectivity index (χ3n) is 3.64. The smallest absolute Gasteiger partial charge is 0.142 e. The maximum absolute atomic E-state index is 13.4. The van der Waals surface area contributed by atoms with Gasteiger partial charge in [0.2, 0.25) is 0 Å². The number of hydrogen-bond donors (Lipinski definition) is 1. The Labute approximate surface area is 107 Å². The lowest BCUT2D eigenvalue weighted by atomic mass is 9.85. The Bertz CT molecular complexity index is 384. The molecule has 0 amide bonds. The van der Waals surface area contributed by atoms with Gasteiger partial charge in [0, 0.05) is 5.54 Å². The summed E-state index contributed by atoms with van der Waals surface area (Å²) in [6, 6.07) is 5.01. The predicted molar refractivity (Wildman–Crippen MR) is 69.7 cm³/mol. The number of hydrogen-bond acceptors (Lipinski definition) is 1. The molecule has 1 aromatic carbocycles. The Kier molecular flexibility index (Phi) is 4.05. The zero-order valence-electron chi connectivity index (χ0n) is 10.0. The topological polar surface area (TPSA) is 26.0 Å². The first-order chi connectivity index (χ1) is 8.09. The van der Waals surface area contributed by atoms with E-state index < -0.39 is 0 Å². The Balaban J connectivity index is 2.10. The minimum atomic E-state index is -0.346. The monoisotopic (exact) mass is 255 g/mol. The highest BCUT2D eigenvalue weighted by atomic mass is 35.5. The fraction of sp³-hybridized carbons (Fsp3) is 0.571. The number of halogens is 2. The predicted octanol–water partition coefficient (Wildman–Crippen LogP) is 4.07. The van der Waals surface area contributed by atoms with Crippen LogP contribution in [0, 0.1) is 5.82 Å². The van der Waals surface area contributed by atoms with E-state index in [-0.39, 0.29) is 16.4 Å². The largest absolute Gasteiger partial charge is 0.325 e. The average Bonchev–Trinajstić information content (AvgIpc) is 2.49. The molecular weight excluding hydrogens is 237 g/mol. The summed E-state index contributed by atoms with van der Waals surface area (Å²) in [5.74, 6) is -0.346. The van der Waals surface area contributed by atoms with Gasteiger partial charge in [0.15, 0.2) is 0 Å². The minimum absolute atomic E-state index is 0.156. The van der Waals surface area contributed by atoms with Crippen molar-refractivity contribution in [2.75, 3.05) is 0 Å². The van der Waals surface area contributed by atoms with Crippen LogP contribution in [-0.4, -0.2) is 5.54 Å². The Morgan fingerprint density at radius 3 is 2.41 bits per heavy atom. The van der Waals surface area contributed by atoms with E-state index >= 15 is 0 Å². The molecule has 17 heavy (non-hydrogen) atoms. The molecule has 1 saturated carbocycles. The van der Waals surface area contributed by atoms with E-state index in [1.165, 1.54) is 31.7 Å². The van der Waals surface area contributed by atoms with Gasteiger partial charge in [0.05, 0.1) is 5.02 Å². The van der Waals surface area contributed by atoms with Gasteiger partial charge in [-0.15, -0.1) is 0 Å². The molecule has 0 saturated heterocycles. The normalized spacial score (nSPS) is 19.9. The van der Waals surface area contributed by atoms with Gasteiger partial charge in [-0.3, -0.25) is 0 Å². The molecule has 1 aromatic rings. The van der Waals surface area contributed by atoms with Crippen LogP contribution in [-0.2, 0) is 6.42 Å². The fourth-order valence-electron chi connectivity index (χ4n) is 2.67. The molecule has 0 atom stereocenters. The standard InChI is InChI=1S/C14H19ClFN/c15-12-6-5-11(9-13(12)16)10-14(17)7-3-1-2-4-8-14/h5-6,9H,1-4,7-8,10,17H2. The van der Waals surface area contributed by atoms with Crippen molar-refractivity contribution < 1.29 is 4.39 Å². The van der Waals surface area contributed by atoms with E-state index in [2.05, 4.69) is 0 Å². The van der Waals surface area contributed by atoms with E-state index in [1.807, 2.05) is 6.07 Å². The molecule has 1 fully saturated rings. The SMILES string of the molecule is NC1(Cc2ccc(Cl)c(F)c2)CCCCCC1. The molecule has 0 aliphatic heterocycles. The summed E-state index contributed by atoms with van der Waals surface area (Å²) in [6.45, 7) is 0. The number of benzene rings is 1. The molecule has 0 heterocycles. The molecule has 0 bridgehead atoms. The van der Waals surface area contributed by atoms with Gasteiger partial charge >= 0.3 is 0 Å². The first-order valence-corrected chi connectivity index (χ1v) is 6.70. The quantitative estimate of drug-likeness (QED) is 0.792. The first-order valence-electron chi connectivity index (χ1n) is 6.32. The van der Waals surface area contributed by atoms with Crippen LogP contribution in [0.2, 0.25) is 5.02 Å². The molecule has 1 aliphatic rings. The molecule has 94 valence electrons.